The molecule has 0 unspecified atom stereocenters. The van der Waals surface area contributed by atoms with Crippen LogP contribution in [0.25, 0.3) is 0 Å². The van der Waals surface area contributed by atoms with E-state index in [0.717, 1.165) is 15.7 Å². The highest BCUT2D eigenvalue weighted by Gasteiger charge is 2.06. The minimum atomic E-state index is 0.654. The Morgan fingerprint density at radius 2 is 1.84 bits per heavy atom. The van der Waals surface area contributed by atoms with Gasteiger partial charge in [-0.25, -0.2) is 0 Å². The first-order valence-corrected chi connectivity index (χ1v) is 7.47. The first-order valence-electron chi connectivity index (χ1n) is 5.92. The first-order chi connectivity index (χ1) is 8.97. The second-order valence-corrected chi connectivity index (χ2v) is 6.23. The molecule has 0 aliphatic rings. The Balaban J connectivity index is 2.19. The van der Waals surface area contributed by atoms with Gasteiger partial charge < -0.3 is 5.32 Å². The monoisotopic (exact) mass is 357 g/mol. The van der Waals surface area contributed by atoms with Crippen molar-refractivity contribution in [1.82, 2.24) is 0 Å². The molecule has 1 N–H and O–H groups in total. The van der Waals surface area contributed by atoms with Gasteiger partial charge in [-0.05, 0) is 64.7 Å². The third-order valence-electron chi connectivity index (χ3n) is 2.90. The number of hydrogen-bond donors (Lipinski definition) is 1. The SMILES string of the molecule is Cc1cc(C)c(NCc2ccc(Cl)cc2Cl)c(Br)c1. The summed E-state index contributed by atoms with van der Waals surface area (Å²) in [6, 6.07) is 9.79. The summed E-state index contributed by atoms with van der Waals surface area (Å²) in [5.74, 6) is 0. The van der Waals surface area contributed by atoms with Crippen molar-refractivity contribution in [2.24, 2.45) is 0 Å². The topological polar surface area (TPSA) is 12.0 Å². The minimum Gasteiger partial charge on any atom is -0.380 e. The summed E-state index contributed by atoms with van der Waals surface area (Å²) in [5.41, 5.74) is 4.56. The molecule has 0 atom stereocenters. The molecular weight excluding hydrogens is 345 g/mol. The molecule has 0 fully saturated rings. The lowest BCUT2D eigenvalue weighted by atomic mass is 10.1. The fraction of sp³-hybridized carbons (Fsp3) is 0.200. The van der Waals surface area contributed by atoms with E-state index in [4.69, 9.17) is 23.2 Å². The van der Waals surface area contributed by atoms with Crippen molar-refractivity contribution in [2.45, 2.75) is 20.4 Å². The molecule has 2 rings (SSSR count). The number of benzene rings is 2. The Bertz CT molecular complexity index is 588. The van der Waals surface area contributed by atoms with E-state index in [0.29, 0.717) is 16.6 Å². The number of halogens is 3. The van der Waals surface area contributed by atoms with Crippen LogP contribution in [0.5, 0.6) is 0 Å². The average Bonchev–Trinajstić information content (AvgIpc) is 2.30. The molecule has 4 heteroatoms. The van der Waals surface area contributed by atoms with E-state index in [9.17, 15) is 0 Å². The van der Waals surface area contributed by atoms with Crippen molar-refractivity contribution in [3.05, 3.63) is 61.5 Å². The molecule has 0 aromatic heterocycles. The molecule has 0 aliphatic heterocycles. The predicted octanol–water partition coefficient (Wildman–Crippen LogP) is 5.98. The molecule has 0 radical (unpaired) electrons. The second kappa shape index (κ2) is 6.17. The maximum Gasteiger partial charge on any atom is 0.0517 e. The molecule has 0 saturated heterocycles. The van der Waals surface area contributed by atoms with Crippen LogP contribution in [0, 0.1) is 13.8 Å². The smallest absolute Gasteiger partial charge is 0.0517 e. The highest BCUT2D eigenvalue weighted by Crippen LogP contribution is 2.29. The number of rotatable bonds is 3. The third-order valence-corrected chi connectivity index (χ3v) is 4.11. The highest BCUT2D eigenvalue weighted by atomic mass is 79.9. The van der Waals surface area contributed by atoms with E-state index < -0.39 is 0 Å². The van der Waals surface area contributed by atoms with Crippen molar-refractivity contribution >= 4 is 44.8 Å². The highest BCUT2D eigenvalue weighted by molar-refractivity contribution is 9.10. The minimum absolute atomic E-state index is 0.654. The Morgan fingerprint density at radius 1 is 1.11 bits per heavy atom. The molecule has 0 heterocycles. The summed E-state index contributed by atoms with van der Waals surface area (Å²) >= 11 is 15.6. The summed E-state index contributed by atoms with van der Waals surface area (Å²) in [4.78, 5) is 0. The maximum absolute atomic E-state index is 6.16. The second-order valence-electron chi connectivity index (χ2n) is 4.53. The van der Waals surface area contributed by atoms with Crippen molar-refractivity contribution in [3.63, 3.8) is 0 Å². The van der Waals surface area contributed by atoms with E-state index in [1.807, 2.05) is 12.1 Å². The van der Waals surface area contributed by atoms with Crippen molar-refractivity contribution in [2.75, 3.05) is 5.32 Å². The van der Waals surface area contributed by atoms with Crippen LogP contribution in [0.4, 0.5) is 5.69 Å². The van der Waals surface area contributed by atoms with Crippen molar-refractivity contribution < 1.29 is 0 Å². The summed E-state index contributed by atoms with van der Waals surface area (Å²) in [7, 11) is 0. The quantitative estimate of drug-likeness (QED) is 0.710. The number of hydrogen-bond acceptors (Lipinski definition) is 1. The molecule has 0 saturated carbocycles. The summed E-state index contributed by atoms with van der Waals surface area (Å²) in [5, 5.41) is 4.75. The first kappa shape index (κ1) is 14.7. The van der Waals surface area contributed by atoms with Crippen molar-refractivity contribution in [3.8, 4) is 0 Å². The van der Waals surface area contributed by atoms with Crippen LogP contribution < -0.4 is 5.32 Å². The number of aryl methyl sites for hydroxylation is 2. The zero-order valence-electron chi connectivity index (χ0n) is 10.7. The number of anilines is 1. The molecule has 100 valence electrons. The number of nitrogens with one attached hydrogen (secondary N) is 1. The Labute approximate surface area is 132 Å². The van der Waals surface area contributed by atoms with E-state index in [1.165, 1.54) is 11.1 Å². The van der Waals surface area contributed by atoms with E-state index in [2.05, 4.69) is 47.2 Å². The molecule has 0 aliphatic carbocycles. The van der Waals surface area contributed by atoms with E-state index in [-0.39, 0.29) is 0 Å². The van der Waals surface area contributed by atoms with Gasteiger partial charge in [0.1, 0.15) is 0 Å². The lowest BCUT2D eigenvalue weighted by Gasteiger charge is -2.13. The Morgan fingerprint density at radius 3 is 2.47 bits per heavy atom. The van der Waals surface area contributed by atoms with Crippen LogP contribution in [0.1, 0.15) is 16.7 Å². The maximum atomic E-state index is 6.16. The molecule has 2 aromatic carbocycles. The molecule has 0 spiro atoms. The van der Waals surface area contributed by atoms with Crippen LogP contribution in [0.15, 0.2) is 34.8 Å². The van der Waals surface area contributed by atoms with Crippen LogP contribution >= 0.6 is 39.1 Å². The van der Waals surface area contributed by atoms with Crippen LogP contribution in [-0.2, 0) is 6.54 Å². The van der Waals surface area contributed by atoms with Gasteiger partial charge in [-0.1, -0.05) is 35.3 Å². The van der Waals surface area contributed by atoms with Gasteiger partial charge >= 0.3 is 0 Å². The van der Waals surface area contributed by atoms with Crippen LogP contribution in [0.2, 0.25) is 10.0 Å². The fourth-order valence-corrected chi connectivity index (χ4v) is 3.28. The summed E-state index contributed by atoms with van der Waals surface area (Å²) < 4.78 is 1.06. The van der Waals surface area contributed by atoms with Gasteiger partial charge in [0.15, 0.2) is 0 Å². The average molecular weight is 359 g/mol. The van der Waals surface area contributed by atoms with Gasteiger partial charge in [0.25, 0.3) is 0 Å². The van der Waals surface area contributed by atoms with E-state index in [1.54, 1.807) is 6.07 Å². The zero-order chi connectivity index (χ0) is 14.0. The predicted molar refractivity (Wildman–Crippen MR) is 87.4 cm³/mol. The molecular formula is C15H14BrCl2N. The molecule has 19 heavy (non-hydrogen) atoms. The van der Waals surface area contributed by atoms with Crippen molar-refractivity contribution in [1.29, 1.82) is 0 Å². The lowest BCUT2D eigenvalue weighted by molar-refractivity contribution is 1.13. The molecule has 1 nitrogen and oxygen atoms in total. The largest absolute Gasteiger partial charge is 0.380 e. The standard InChI is InChI=1S/C15H14BrCl2N/c1-9-5-10(2)15(13(16)6-9)19-8-11-3-4-12(17)7-14(11)18/h3-7,19H,8H2,1-2H3. The van der Waals surface area contributed by atoms with Gasteiger partial charge in [-0.3, -0.25) is 0 Å². The van der Waals surface area contributed by atoms with Crippen LogP contribution in [-0.4, -0.2) is 0 Å². The molecule has 0 amide bonds. The van der Waals surface area contributed by atoms with E-state index >= 15 is 0 Å². The van der Waals surface area contributed by atoms with Crippen LogP contribution in [0.3, 0.4) is 0 Å². The molecule has 0 bridgehead atoms. The fourth-order valence-electron chi connectivity index (χ4n) is 1.99. The summed E-state index contributed by atoms with van der Waals surface area (Å²) in [6.07, 6.45) is 0. The molecule has 2 aromatic rings. The van der Waals surface area contributed by atoms with Gasteiger partial charge in [0, 0.05) is 21.1 Å². The summed E-state index contributed by atoms with van der Waals surface area (Å²) in [6.45, 7) is 4.83. The zero-order valence-corrected chi connectivity index (χ0v) is 13.8. The third kappa shape index (κ3) is 3.65. The lowest BCUT2D eigenvalue weighted by Crippen LogP contribution is -2.02. The van der Waals surface area contributed by atoms with Gasteiger partial charge in [0.05, 0.1) is 5.69 Å². The van der Waals surface area contributed by atoms with Gasteiger partial charge in [0.2, 0.25) is 0 Å². The normalized spacial score (nSPS) is 10.6. The van der Waals surface area contributed by atoms with Gasteiger partial charge in [-0.2, -0.15) is 0 Å². The Kier molecular flexibility index (Phi) is 4.77. The Hall–Kier alpha value is -0.700. The van der Waals surface area contributed by atoms with Gasteiger partial charge in [-0.15, -0.1) is 0 Å².